The summed E-state index contributed by atoms with van der Waals surface area (Å²) in [6, 6.07) is -0.570. The van der Waals surface area contributed by atoms with Crippen LogP contribution in [0.2, 0.25) is 0 Å². The van der Waals surface area contributed by atoms with Crippen molar-refractivity contribution < 1.29 is 19.5 Å². The number of hydrogen-bond donors (Lipinski definition) is 3. The molecule has 0 unspecified atom stereocenters. The van der Waals surface area contributed by atoms with Crippen molar-refractivity contribution in [3.8, 4) is 0 Å². The molecule has 116 valence electrons. The van der Waals surface area contributed by atoms with E-state index in [2.05, 4.69) is 26.2 Å². The number of hydrogen-bond acceptors (Lipinski definition) is 7. The fourth-order valence-electron chi connectivity index (χ4n) is 1.16. The number of amides is 3. The van der Waals surface area contributed by atoms with E-state index in [0.717, 1.165) is 16.4 Å². The van der Waals surface area contributed by atoms with Crippen molar-refractivity contribution in [1.82, 2.24) is 30.8 Å². The first kappa shape index (κ1) is 16.9. The molecule has 3 amide bonds. The summed E-state index contributed by atoms with van der Waals surface area (Å²) in [6.07, 6.45) is 0. The number of carbonyl (C=O) groups is 3. The maximum atomic E-state index is 11.5. The highest BCUT2D eigenvalue weighted by Gasteiger charge is 2.13. The van der Waals surface area contributed by atoms with Gasteiger partial charge in [-0.1, -0.05) is 25.6 Å². The van der Waals surface area contributed by atoms with E-state index in [4.69, 9.17) is 5.11 Å². The number of nitrogens with zero attached hydrogens (tertiary/aromatic N) is 4. The Kier molecular flexibility index (Phi) is 6.59. The average molecular weight is 316 g/mol. The summed E-state index contributed by atoms with van der Waals surface area (Å²) < 4.78 is 1.05. The number of carboxylic acid groups (broad SMARTS) is 1. The van der Waals surface area contributed by atoms with E-state index >= 15 is 0 Å². The normalized spacial score (nSPS) is 10.4. The Labute approximate surface area is 124 Å². The molecule has 0 saturated carbocycles. The first-order valence-electron chi connectivity index (χ1n) is 6.07. The Hall–Kier alpha value is -2.17. The molecular weight excluding hydrogens is 300 g/mol. The van der Waals surface area contributed by atoms with Gasteiger partial charge in [0.15, 0.2) is 0 Å². The summed E-state index contributed by atoms with van der Waals surface area (Å²) in [7, 11) is 0. The standard InChI is InChI=1S/C10H16N6O4S/c1-6(2)3-11-9(20)12-7(17)5-21-10-13-14-15-16(10)4-8(18)19/h6H,3-5H2,1-2H3,(H,18,19)(H2,11,12,17,20). The average Bonchev–Trinajstić information content (AvgIpc) is 2.80. The predicted octanol–water partition coefficient (Wildman–Crippen LogP) is -0.668. The number of thioether (sulfide) groups is 1. The molecule has 1 rings (SSSR count). The van der Waals surface area contributed by atoms with Gasteiger partial charge >= 0.3 is 12.0 Å². The number of tetrazole rings is 1. The second-order valence-corrected chi connectivity index (χ2v) is 5.40. The Morgan fingerprint density at radius 2 is 2.10 bits per heavy atom. The predicted molar refractivity (Wildman–Crippen MR) is 72.6 cm³/mol. The van der Waals surface area contributed by atoms with Crippen molar-refractivity contribution in [2.24, 2.45) is 5.92 Å². The second-order valence-electron chi connectivity index (χ2n) is 4.45. The third kappa shape index (κ3) is 6.70. The molecule has 0 atom stereocenters. The van der Waals surface area contributed by atoms with E-state index in [9.17, 15) is 14.4 Å². The minimum absolute atomic E-state index is 0.102. The fourth-order valence-corrected chi connectivity index (χ4v) is 1.84. The topological polar surface area (TPSA) is 139 Å². The molecule has 1 aromatic heterocycles. The molecule has 0 saturated heterocycles. The van der Waals surface area contributed by atoms with Crippen molar-refractivity contribution in [3.05, 3.63) is 0 Å². The van der Waals surface area contributed by atoms with Gasteiger partial charge in [0.05, 0.1) is 5.75 Å². The monoisotopic (exact) mass is 316 g/mol. The fraction of sp³-hybridized carbons (Fsp3) is 0.600. The maximum absolute atomic E-state index is 11.5. The lowest BCUT2D eigenvalue weighted by molar-refractivity contribution is -0.138. The molecule has 0 aliphatic rings. The third-order valence-corrected chi connectivity index (χ3v) is 3.00. The van der Waals surface area contributed by atoms with Crippen LogP contribution in [0.15, 0.2) is 5.16 Å². The van der Waals surface area contributed by atoms with Gasteiger partial charge in [-0.15, -0.1) is 5.10 Å². The number of urea groups is 1. The van der Waals surface area contributed by atoms with Crippen LogP contribution in [-0.2, 0) is 16.1 Å². The molecule has 10 nitrogen and oxygen atoms in total. The lowest BCUT2D eigenvalue weighted by atomic mass is 10.2. The molecule has 0 aliphatic carbocycles. The van der Waals surface area contributed by atoms with Crippen LogP contribution in [-0.4, -0.2) is 55.5 Å². The molecule has 0 fully saturated rings. The van der Waals surface area contributed by atoms with Gasteiger partial charge in [0.1, 0.15) is 6.54 Å². The van der Waals surface area contributed by atoms with E-state index < -0.39 is 24.5 Å². The van der Waals surface area contributed by atoms with Crippen LogP contribution in [0, 0.1) is 5.92 Å². The van der Waals surface area contributed by atoms with E-state index in [0.29, 0.717) is 6.54 Å². The van der Waals surface area contributed by atoms with E-state index in [1.54, 1.807) is 0 Å². The Balaban J connectivity index is 2.38. The molecule has 0 radical (unpaired) electrons. The third-order valence-electron chi connectivity index (χ3n) is 2.04. The molecule has 0 aromatic carbocycles. The number of carboxylic acids is 1. The van der Waals surface area contributed by atoms with E-state index in [-0.39, 0.29) is 16.8 Å². The lowest BCUT2D eigenvalue weighted by Gasteiger charge is -2.08. The lowest BCUT2D eigenvalue weighted by Crippen LogP contribution is -2.41. The maximum Gasteiger partial charge on any atom is 0.325 e. The Bertz CT molecular complexity index is 517. The quantitative estimate of drug-likeness (QED) is 0.563. The zero-order valence-electron chi connectivity index (χ0n) is 11.6. The first-order valence-corrected chi connectivity index (χ1v) is 7.05. The zero-order chi connectivity index (χ0) is 15.8. The highest BCUT2D eigenvalue weighted by atomic mass is 32.2. The van der Waals surface area contributed by atoms with Crippen LogP contribution >= 0.6 is 11.8 Å². The number of imide groups is 1. The van der Waals surface area contributed by atoms with Crippen molar-refractivity contribution in [1.29, 1.82) is 0 Å². The molecule has 0 bridgehead atoms. The van der Waals surface area contributed by atoms with Crippen LogP contribution in [0.1, 0.15) is 13.8 Å². The number of nitrogens with one attached hydrogen (secondary N) is 2. The Morgan fingerprint density at radius 1 is 1.38 bits per heavy atom. The SMILES string of the molecule is CC(C)CNC(=O)NC(=O)CSc1nnnn1CC(=O)O. The summed E-state index contributed by atoms with van der Waals surface area (Å²) in [5.74, 6) is -1.44. The van der Waals surface area contributed by atoms with E-state index in [1.807, 2.05) is 13.8 Å². The van der Waals surface area contributed by atoms with Crippen molar-refractivity contribution in [2.45, 2.75) is 25.5 Å². The molecule has 1 heterocycles. The number of aromatic nitrogens is 4. The summed E-state index contributed by atoms with van der Waals surface area (Å²) in [6.45, 7) is 3.93. The highest BCUT2D eigenvalue weighted by molar-refractivity contribution is 7.99. The van der Waals surface area contributed by atoms with Gasteiger partial charge in [0.2, 0.25) is 11.1 Å². The molecule has 21 heavy (non-hydrogen) atoms. The van der Waals surface area contributed by atoms with Crippen LogP contribution < -0.4 is 10.6 Å². The molecule has 0 aliphatic heterocycles. The number of rotatable bonds is 7. The largest absolute Gasteiger partial charge is 0.480 e. The minimum Gasteiger partial charge on any atom is -0.480 e. The molecule has 3 N–H and O–H groups in total. The summed E-state index contributed by atoms with van der Waals surface area (Å²) in [5, 5.41) is 24.0. The highest BCUT2D eigenvalue weighted by Crippen LogP contribution is 2.12. The Morgan fingerprint density at radius 3 is 2.71 bits per heavy atom. The van der Waals surface area contributed by atoms with Gasteiger partial charge in [-0.3, -0.25) is 14.9 Å². The van der Waals surface area contributed by atoms with Gasteiger partial charge < -0.3 is 10.4 Å². The molecule has 0 spiro atoms. The molecular formula is C10H16N6O4S. The van der Waals surface area contributed by atoms with Crippen LogP contribution in [0.25, 0.3) is 0 Å². The first-order chi connectivity index (χ1) is 9.88. The van der Waals surface area contributed by atoms with Crippen LogP contribution in [0.5, 0.6) is 0 Å². The molecule has 11 heteroatoms. The van der Waals surface area contributed by atoms with Crippen LogP contribution in [0.4, 0.5) is 4.79 Å². The van der Waals surface area contributed by atoms with Crippen LogP contribution in [0.3, 0.4) is 0 Å². The molecule has 1 aromatic rings. The second kappa shape index (κ2) is 8.19. The summed E-state index contributed by atoms with van der Waals surface area (Å²) >= 11 is 0.942. The number of carbonyl (C=O) groups excluding carboxylic acids is 2. The van der Waals surface area contributed by atoms with Gasteiger partial charge in [-0.05, 0) is 16.3 Å². The van der Waals surface area contributed by atoms with Gasteiger partial charge in [0.25, 0.3) is 0 Å². The van der Waals surface area contributed by atoms with Gasteiger partial charge in [-0.25, -0.2) is 9.48 Å². The van der Waals surface area contributed by atoms with E-state index in [1.165, 1.54) is 0 Å². The minimum atomic E-state index is -1.10. The van der Waals surface area contributed by atoms with Gasteiger partial charge in [0, 0.05) is 6.54 Å². The van der Waals surface area contributed by atoms with Crippen molar-refractivity contribution in [2.75, 3.05) is 12.3 Å². The van der Waals surface area contributed by atoms with Crippen molar-refractivity contribution in [3.63, 3.8) is 0 Å². The smallest absolute Gasteiger partial charge is 0.325 e. The summed E-state index contributed by atoms with van der Waals surface area (Å²) in [5.41, 5.74) is 0. The number of aliphatic carboxylic acids is 1. The van der Waals surface area contributed by atoms with Gasteiger partial charge in [-0.2, -0.15) is 0 Å². The van der Waals surface area contributed by atoms with Crippen molar-refractivity contribution >= 4 is 29.7 Å². The zero-order valence-corrected chi connectivity index (χ0v) is 12.4. The summed E-state index contributed by atoms with van der Waals surface area (Å²) in [4.78, 5) is 33.5.